The maximum absolute atomic E-state index is 12.2. The standard InChI is InChI=1S/C28H35N7O/c1-18(2)34(3)14-22-25(16-36)31-27(33-28-11-21-8-9-35(17-28)15-23(21)28)32-26(22)30-13-19-10-20-6-4-5-7-24(20)29-12-19/h4-7,10,12,16,18,21,23H,8-9,11,13-15,17H2,1-3H3,(H2,30,31,32,33). The first-order valence-corrected chi connectivity index (χ1v) is 13.1. The Hall–Kier alpha value is -3.10. The Balaban J connectivity index is 1.30. The molecular weight excluding hydrogens is 450 g/mol. The predicted octanol–water partition coefficient (Wildman–Crippen LogP) is 3.80. The second kappa shape index (κ2) is 9.09. The molecule has 3 aliphatic rings. The van der Waals surface area contributed by atoms with Gasteiger partial charge in [-0.2, -0.15) is 4.98 Å². The van der Waals surface area contributed by atoms with Crippen molar-refractivity contribution in [2.45, 2.75) is 51.4 Å². The number of nitrogens with one attached hydrogen (secondary N) is 2. The molecule has 2 saturated heterocycles. The molecule has 3 fully saturated rings. The number of benzene rings is 1. The van der Waals surface area contributed by atoms with E-state index in [1.807, 2.05) is 24.4 Å². The summed E-state index contributed by atoms with van der Waals surface area (Å²) in [6, 6.07) is 10.6. The van der Waals surface area contributed by atoms with Crippen LogP contribution in [-0.2, 0) is 13.1 Å². The topological polar surface area (TPSA) is 86.3 Å². The van der Waals surface area contributed by atoms with E-state index < -0.39 is 0 Å². The second-order valence-electron chi connectivity index (χ2n) is 11.2. The Morgan fingerprint density at radius 2 is 2.14 bits per heavy atom. The number of para-hydroxylation sites is 1. The van der Waals surface area contributed by atoms with Gasteiger partial charge in [-0.05, 0) is 69.8 Å². The molecule has 6 rings (SSSR count). The highest BCUT2D eigenvalue weighted by Gasteiger charge is 2.61. The molecule has 36 heavy (non-hydrogen) atoms. The summed E-state index contributed by atoms with van der Waals surface area (Å²) in [4.78, 5) is 31.3. The van der Waals surface area contributed by atoms with Crippen molar-refractivity contribution in [3.05, 3.63) is 53.3 Å². The minimum absolute atomic E-state index is 0.0388. The van der Waals surface area contributed by atoms with Crippen LogP contribution in [0, 0.1) is 11.8 Å². The molecule has 4 atom stereocenters. The summed E-state index contributed by atoms with van der Waals surface area (Å²) in [5.41, 5.74) is 3.37. The Labute approximate surface area is 212 Å². The van der Waals surface area contributed by atoms with Crippen LogP contribution in [0.15, 0.2) is 36.5 Å². The van der Waals surface area contributed by atoms with Gasteiger partial charge in [0.15, 0.2) is 6.29 Å². The highest BCUT2D eigenvalue weighted by Crippen LogP contribution is 2.54. The van der Waals surface area contributed by atoms with Crippen molar-refractivity contribution < 1.29 is 4.79 Å². The smallest absolute Gasteiger partial charge is 0.225 e. The quantitative estimate of drug-likeness (QED) is 0.443. The van der Waals surface area contributed by atoms with Gasteiger partial charge in [0.25, 0.3) is 0 Å². The summed E-state index contributed by atoms with van der Waals surface area (Å²) in [6.45, 7) is 8.84. The number of nitrogens with zero attached hydrogens (tertiary/aromatic N) is 5. The van der Waals surface area contributed by atoms with Crippen LogP contribution in [0.1, 0.15) is 48.3 Å². The van der Waals surface area contributed by atoms with Crippen molar-refractivity contribution in [2.75, 3.05) is 37.3 Å². The van der Waals surface area contributed by atoms with Gasteiger partial charge in [-0.25, -0.2) is 4.98 Å². The lowest BCUT2D eigenvalue weighted by molar-refractivity contribution is 0.0813. The number of aldehydes is 1. The molecule has 1 saturated carbocycles. The van der Waals surface area contributed by atoms with Crippen LogP contribution in [0.2, 0.25) is 0 Å². The SMILES string of the molecule is CC(C)N(C)Cc1c(C=O)nc(NC23CC4CCN(CC42)C3)nc1NCc1cnc2ccccc2c1. The van der Waals surface area contributed by atoms with Gasteiger partial charge < -0.3 is 15.5 Å². The molecule has 4 heterocycles. The first kappa shape index (κ1) is 23.3. The normalized spacial score (nSPS) is 26.3. The maximum atomic E-state index is 12.2. The average molecular weight is 486 g/mol. The van der Waals surface area contributed by atoms with E-state index in [1.54, 1.807) is 0 Å². The fraction of sp³-hybridized carbons (Fsp3) is 0.500. The Kier molecular flexibility index (Phi) is 5.88. The Bertz CT molecular complexity index is 1290. The Morgan fingerprint density at radius 1 is 1.28 bits per heavy atom. The van der Waals surface area contributed by atoms with Crippen LogP contribution in [0.3, 0.4) is 0 Å². The lowest BCUT2D eigenvalue weighted by Crippen LogP contribution is -2.58. The van der Waals surface area contributed by atoms with Crippen molar-refractivity contribution in [3.8, 4) is 0 Å². The maximum Gasteiger partial charge on any atom is 0.225 e. The Morgan fingerprint density at radius 3 is 2.97 bits per heavy atom. The summed E-state index contributed by atoms with van der Waals surface area (Å²) < 4.78 is 0. The number of carbonyl (C=O) groups is 1. The van der Waals surface area contributed by atoms with Crippen molar-refractivity contribution >= 4 is 29.0 Å². The molecule has 0 amide bonds. The van der Waals surface area contributed by atoms with Crippen molar-refractivity contribution in [1.29, 1.82) is 0 Å². The van der Waals surface area contributed by atoms with Gasteiger partial charge in [-0.15, -0.1) is 0 Å². The van der Waals surface area contributed by atoms with Gasteiger partial charge in [-0.3, -0.25) is 14.7 Å². The number of rotatable bonds is 9. The van der Waals surface area contributed by atoms with E-state index in [9.17, 15) is 4.79 Å². The van der Waals surface area contributed by atoms with E-state index in [-0.39, 0.29) is 5.54 Å². The third-order valence-corrected chi connectivity index (χ3v) is 8.59. The number of pyridine rings is 1. The largest absolute Gasteiger partial charge is 0.365 e. The molecule has 0 radical (unpaired) electrons. The van der Waals surface area contributed by atoms with Gasteiger partial charge in [0.05, 0.1) is 11.1 Å². The molecule has 2 bridgehead atoms. The van der Waals surface area contributed by atoms with Gasteiger partial charge >= 0.3 is 0 Å². The number of piperidine rings is 1. The molecule has 2 N–H and O–H groups in total. The lowest BCUT2D eigenvalue weighted by atomic mass is 9.59. The third kappa shape index (κ3) is 4.12. The molecule has 1 aromatic carbocycles. The molecular formula is C28H35N7O. The molecule has 2 aromatic heterocycles. The molecule has 3 aromatic rings. The highest BCUT2D eigenvalue weighted by atomic mass is 16.1. The molecule has 8 nitrogen and oxygen atoms in total. The number of carbonyl (C=O) groups excluding carboxylic acids is 1. The third-order valence-electron chi connectivity index (χ3n) is 8.59. The molecule has 1 aliphatic carbocycles. The first-order valence-electron chi connectivity index (χ1n) is 13.1. The van der Waals surface area contributed by atoms with E-state index in [0.29, 0.717) is 42.5 Å². The molecule has 188 valence electrons. The predicted molar refractivity (Wildman–Crippen MR) is 142 cm³/mol. The molecule has 4 unspecified atom stereocenters. The van der Waals surface area contributed by atoms with Gasteiger partial charge in [0, 0.05) is 49.4 Å². The lowest BCUT2D eigenvalue weighted by Gasteiger charge is -2.51. The van der Waals surface area contributed by atoms with Crippen LogP contribution < -0.4 is 10.6 Å². The summed E-state index contributed by atoms with van der Waals surface area (Å²) in [7, 11) is 2.06. The van der Waals surface area contributed by atoms with Gasteiger partial charge in [0.2, 0.25) is 5.95 Å². The summed E-state index contributed by atoms with van der Waals surface area (Å²) >= 11 is 0. The van der Waals surface area contributed by atoms with E-state index >= 15 is 0 Å². The van der Waals surface area contributed by atoms with Crippen LogP contribution in [0.4, 0.5) is 11.8 Å². The van der Waals surface area contributed by atoms with E-state index in [4.69, 9.17) is 9.97 Å². The zero-order valence-corrected chi connectivity index (χ0v) is 21.4. The van der Waals surface area contributed by atoms with Crippen LogP contribution in [0.5, 0.6) is 0 Å². The fourth-order valence-electron chi connectivity index (χ4n) is 6.32. The number of hydrogen-bond donors (Lipinski definition) is 2. The first-order chi connectivity index (χ1) is 17.4. The van der Waals surface area contributed by atoms with Crippen LogP contribution in [0.25, 0.3) is 10.9 Å². The van der Waals surface area contributed by atoms with Gasteiger partial charge in [-0.1, -0.05) is 18.2 Å². The van der Waals surface area contributed by atoms with Crippen molar-refractivity contribution in [3.63, 3.8) is 0 Å². The summed E-state index contributed by atoms with van der Waals surface area (Å²) in [6.07, 6.45) is 5.23. The highest BCUT2D eigenvalue weighted by molar-refractivity contribution is 5.79. The van der Waals surface area contributed by atoms with E-state index in [2.05, 4.69) is 58.4 Å². The summed E-state index contributed by atoms with van der Waals surface area (Å²) in [5.74, 6) is 2.73. The van der Waals surface area contributed by atoms with Crippen LogP contribution in [-0.4, -0.2) is 69.3 Å². The fourth-order valence-corrected chi connectivity index (χ4v) is 6.32. The van der Waals surface area contributed by atoms with Crippen LogP contribution >= 0.6 is 0 Å². The minimum Gasteiger partial charge on any atom is -0.365 e. The number of aromatic nitrogens is 3. The molecule has 8 heteroatoms. The monoisotopic (exact) mass is 485 g/mol. The zero-order chi connectivity index (χ0) is 24.9. The summed E-state index contributed by atoms with van der Waals surface area (Å²) in [5, 5.41) is 8.34. The van der Waals surface area contributed by atoms with E-state index in [0.717, 1.165) is 53.7 Å². The average Bonchev–Trinajstić information content (AvgIpc) is 2.99. The number of hydrogen-bond acceptors (Lipinski definition) is 8. The van der Waals surface area contributed by atoms with Crippen molar-refractivity contribution in [1.82, 2.24) is 24.8 Å². The van der Waals surface area contributed by atoms with Gasteiger partial charge in [0.1, 0.15) is 11.5 Å². The van der Waals surface area contributed by atoms with E-state index in [1.165, 1.54) is 13.0 Å². The number of anilines is 2. The molecule has 2 aliphatic heterocycles. The molecule has 0 spiro atoms. The van der Waals surface area contributed by atoms with Crippen molar-refractivity contribution in [2.24, 2.45) is 11.8 Å². The number of fused-ring (bicyclic) bond motifs is 2. The minimum atomic E-state index is 0.0388. The zero-order valence-electron chi connectivity index (χ0n) is 21.4. The second-order valence-corrected chi connectivity index (χ2v) is 11.2.